The van der Waals surface area contributed by atoms with Crippen molar-refractivity contribution >= 4 is 18.3 Å². The first-order valence-electron chi connectivity index (χ1n) is 7.62. The Bertz CT molecular complexity index is 331. The van der Waals surface area contributed by atoms with E-state index in [4.69, 9.17) is 5.73 Å². The van der Waals surface area contributed by atoms with Gasteiger partial charge in [0.15, 0.2) is 0 Å². The summed E-state index contributed by atoms with van der Waals surface area (Å²) in [6, 6.07) is 0.177. The summed E-state index contributed by atoms with van der Waals surface area (Å²) in [6.45, 7) is 4.93. The van der Waals surface area contributed by atoms with E-state index in [1.807, 2.05) is 0 Å². The lowest BCUT2D eigenvalue weighted by Crippen LogP contribution is -2.42. The average Bonchev–Trinajstić information content (AvgIpc) is 2.77. The highest BCUT2D eigenvalue weighted by Crippen LogP contribution is 2.69. The molecule has 0 aromatic rings. The van der Waals surface area contributed by atoms with Crippen molar-refractivity contribution in [3.05, 3.63) is 0 Å². The second-order valence-corrected chi connectivity index (χ2v) is 7.08. The molecule has 0 radical (unpaired) electrons. The van der Waals surface area contributed by atoms with E-state index in [0.29, 0.717) is 24.3 Å². The van der Waals surface area contributed by atoms with Gasteiger partial charge in [-0.05, 0) is 55.3 Å². The molecule has 0 heterocycles. The molecule has 3 nitrogen and oxygen atoms in total. The van der Waals surface area contributed by atoms with Crippen LogP contribution >= 0.6 is 12.4 Å². The summed E-state index contributed by atoms with van der Waals surface area (Å²) in [5.41, 5.74) is 5.76. The van der Waals surface area contributed by atoms with E-state index in [-0.39, 0.29) is 18.4 Å². The van der Waals surface area contributed by atoms with Crippen LogP contribution in [0.1, 0.15) is 39.5 Å². The Balaban J connectivity index is 0.00000133. The minimum atomic E-state index is 0. The smallest absolute Gasteiger partial charge is 0.223 e. The number of nitrogens with one attached hydrogen (secondary N) is 1. The van der Waals surface area contributed by atoms with Crippen molar-refractivity contribution in [1.29, 1.82) is 0 Å². The molecule has 3 N–H and O–H groups in total. The zero-order valence-corrected chi connectivity index (χ0v) is 12.8. The molecule has 3 fully saturated rings. The SMILES string of the molecule is CC(C)CC(CN)NC(=O)C1C2C3CCC(C3)C12.Cl. The predicted octanol–water partition coefficient (Wildman–Crippen LogP) is 2.19. The second kappa shape index (κ2) is 5.61. The van der Waals surface area contributed by atoms with Gasteiger partial charge < -0.3 is 11.1 Å². The maximum absolute atomic E-state index is 12.3. The normalized spacial score (nSPS) is 39.7. The molecule has 0 aromatic heterocycles. The van der Waals surface area contributed by atoms with E-state index >= 15 is 0 Å². The van der Waals surface area contributed by atoms with E-state index in [1.54, 1.807) is 0 Å². The van der Waals surface area contributed by atoms with Gasteiger partial charge in [-0.3, -0.25) is 4.79 Å². The third-order valence-electron chi connectivity index (χ3n) is 5.42. The molecule has 3 saturated carbocycles. The van der Waals surface area contributed by atoms with Gasteiger partial charge in [-0.1, -0.05) is 13.8 Å². The fourth-order valence-electron chi connectivity index (χ4n) is 4.76. The molecular formula is C15H27ClN2O. The van der Waals surface area contributed by atoms with Crippen molar-refractivity contribution in [2.75, 3.05) is 6.54 Å². The quantitative estimate of drug-likeness (QED) is 0.814. The standard InChI is InChI=1S/C15H26N2O.ClH/c1-8(2)5-11(7-16)17-15(18)14-12-9-3-4-10(6-9)13(12)14;/h8-14H,3-7,16H2,1-2H3,(H,17,18);1H. The Morgan fingerprint density at radius 3 is 2.32 bits per heavy atom. The molecule has 1 amide bonds. The monoisotopic (exact) mass is 286 g/mol. The minimum Gasteiger partial charge on any atom is -0.352 e. The van der Waals surface area contributed by atoms with Crippen LogP contribution in [0.4, 0.5) is 0 Å². The van der Waals surface area contributed by atoms with Gasteiger partial charge in [0.05, 0.1) is 0 Å². The van der Waals surface area contributed by atoms with Crippen molar-refractivity contribution in [1.82, 2.24) is 5.32 Å². The molecule has 5 atom stereocenters. The van der Waals surface area contributed by atoms with Gasteiger partial charge in [-0.25, -0.2) is 0 Å². The zero-order valence-electron chi connectivity index (χ0n) is 12.0. The highest BCUT2D eigenvalue weighted by atomic mass is 35.5. The van der Waals surface area contributed by atoms with Crippen LogP contribution in [0, 0.1) is 35.5 Å². The van der Waals surface area contributed by atoms with Crippen molar-refractivity contribution in [3.63, 3.8) is 0 Å². The number of rotatable bonds is 5. The fraction of sp³-hybridized carbons (Fsp3) is 0.933. The van der Waals surface area contributed by atoms with E-state index in [1.165, 1.54) is 19.3 Å². The summed E-state index contributed by atoms with van der Waals surface area (Å²) in [7, 11) is 0. The lowest BCUT2D eigenvalue weighted by atomic mass is 10.0. The van der Waals surface area contributed by atoms with Gasteiger partial charge in [-0.2, -0.15) is 0 Å². The first-order chi connectivity index (χ1) is 8.61. The van der Waals surface area contributed by atoms with Crippen molar-refractivity contribution < 1.29 is 4.79 Å². The van der Waals surface area contributed by atoms with Gasteiger partial charge in [0.2, 0.25) is 5.91 Å². The van der Waals surface area contributed by atoms with Crippen LogP contribution < -0.4 is 11.1 Å². The predicted molar refractivity (Wildman–Crippen MR) is 79.0 cm³/mol. The average molecular weight is 287 g/mol. The summed E-state index contributed by atoms with van der Waals surface area (Å²) in [5.74, 6) is 4.46. The number of carbonyl (C=O) groups excluding carboxylic acids is 1. The Morgan fingerprint density at radius 1 is 1.26 bits per heavy atom. The van der Waals surface area contributed by atoms with Crippen LogP contribution in [0.2, 0.25) is 0 Å². The Hall–Kier alpha value is -0.280. The Morgan fingerprint density at radius 2 is 1.84 bits per heavy atom. The minimum absolute atomic E-state index is 0. The van der Waals surface area contributed by atoms with Gasteiger partial charge in [0.25, 0.3) is 0 Å². The largest absolute Gasteiger partial charge is 0.352 e. The molecule has 3 aliphatic carbocycles. The molecule has 3 aliphatic rings. The molecule has 0 spiro atoms. The molecule has 0 aromatic carbocycles. The molecule has 0 aliphatic heterocycles. The maximum Gasteiger partial charge on any atom is 0.223 e. The van der Waals surface area contributed by atoms with Gasteiger partial charge >= 0.3 is 0 Å². The third kappa shape index (κ3) is 2.64. The number of hydrogen-bond donors (Lipinski definition) is 2. The highest BCUT2D eigenvalue weighted by Gasteiger charge is 2.67. The molecule has 19 heavy (non-hydrogen) atoms. The van der Waals surface area contributed by atoms with Crippen LogP contribution in [0.25, 0.3) is 0 Å². The molecule has 110 valence electrons. The van der Waals surface area contributed by atoms with Crippen molar-refractivity contribution in [3.8, 4) is 0 Å². The van der Waals surface area contributed by atoms with E-state index < -0.39 is 0 Å². The Labute approximate surface area is 122 Å². The molecule has 5 unspecified atom stereocenters. The molecule has 0 saturated heterocycles. The highest BCUT2D eigenvalue weighted by molar-refractivity contribution is 5.85. The van der Waals surface area contributed by atoms with Gasteiger partial charge in [0.1, 0.15) is 0 Å². The number of nitrogens with two attached hydrogens (primary N) is 1. The third-order valence-corrected chi connectivity index (χ3v) is 5.42. The fourth-order valence-corrected chi connectivity index (χ4v) is 4.76. The summed E-state index contributed by atoms with van der Waals surface area (Å²) >= 11 is 0. The first kappa shape index (κ1) is 15.1. The van der Waals surface area contributed by atoms with Crippen LogP contribution in [-0.4, -0.2) is 18.5 Å². The lowest BCUT2D eigenvalue weighted by Gasteiger charge is -2.19. The topological polar surface area (TPSA) is 55.1 Å². The summed E-state index contributed by atoms with van der Waals surface area (Å²) < 4.78 is 0. The number of halogens is 1. The van der Waals surface area contributed by atoms with Crippen LogP contribution in [0.15, 0.2) is 0 Å². The lowest BCUT2D eigenvalue weighted by molar-refractivity contribution is -0.124. The van der Waals surface area contributed by atoms with Crippen LogP contribution in [0.3, 0.4) is 0 Å². The maximum atomic E-state index is 12.3. The Kier molecular flexibility index (Phi) is 4.46. The van der Waals surface area contributed by atoms with E-state index in [9.17, 15) is 4.79 Å². The number of amides is 1. The van der Waals surface area contributed by atoms with Crippen LogP contribution in [0.5, 0.6) is 0 Å². The first-order valence-corrected chi connectivity index (χ1v) is 7.62. The summed E-state index contributed by atoms with van der Waals surface area (Å²) in [5, 5.41) is 3.19. The summed E-state index contributed by atoms with van der Waals surface area (Å²) in [6.07, 6.45) is 5.16. The van der Waals surface area contributed by atoms with Gasteiger partial charge in [0, 0.05) is 18.5 Å². The van der Waals surface area contributed by atoms with Crippen molar-refractivity contribution in [2.24, 2.45) is 41.2 Å². The molecule has 3 rings (SSSR count). The van der Waals surface area contributed by atoms with E-state index in [0.717, 1.165) is 30.1 Å². The molecule has 4 heteroatoms. The second-order valence-electron chi connectivity index (χ2n) is 7.08. The van der Waals surface area contributed by atoms with Gasteiger partial charge in [-0.15, -0.1) is 12.4 Å². The zero-order chi connectivity index (χ0) is 12.9. The van der Waals surface area contributed by atoms with E-state index in [2.05, 4.69) is 19.2 Å². The number of carbonyl (C=O) groups is 1. The molecule has 2 bridgehead atoms. The van der Waals surface area contributed by atoms with Crippen LogP contribution in [-0.2, 0) is 4.79 Å². The summed E-state index contributed by atoms with van der Waals surface area (Å²) in [4.78, 5) is 12.3. The van der Waals surface area contributed by atoms with Crippen molar-refractivity contribution in [2.45, 2.75) is 45.6 Å². The number of hydrogen-bond acceptors (Lipinski definition) is 2. The molecular weight excluding hydrogens is 260 g/mol. The number of fused-ring (bicyclic) bond motifs is 5.